The number of pyridine rings is 1. The van der Waals surface area contributed by atoms with Gasteiger partial charge in [-0.25, -0.2) is 14.2 Å². The van der Waals surface area contributed by atoms with Crippen molar-refractivity contribution in [1.29, 1.82) is 0 Å². The summed E-state index contributed by atoms with van der Waals surface area (Å²) in [5, 5.41) is 0.249. The zero-order chi connectivity index (χ0) is 15.2. The van der Waals surface area contributed by atoms with Crippen LogP contribution in [0.3, 0.4) is 0 Å². The highest BCUT2D eigenvalue weighted by Gasteiger charge is 2.12. The Morgan fingerprint density at radius 2 is 2.10 bits per heavy atom. The summed E-state index contributed by atoms with van der Waals surface area (Å²) in [7, 11) is 0. The van der Waals surface area contributed by atoms with Gasteiger partial charge in [-0.1, -0.05) is 43.1 Å². The van der Waals surface area contributed by atoms with Gasteiger partial charge in [0.25, 0.3) is 0 Å². The second-order valence-electron chi connectivity index (χ2n) is 4.59. The van der Waals surface area contributed by atoms with Gasteiger partial charge in [-0.3, -0.25) is 0 Å². The molecule has 1 aromatic carbocycles. The number of carbonyl (C=O) groups excluding carboxylic acids is 1. The summed E-state index contributed by atoms with van der Waals surface area (Å²) in [6.07, 6.45) is 1.63. The van der Waals surface area contributed by atoms with E-state index in [1.54, 1.807) is 24.3 Å². The van der Waals surface area contributed by atoms with Gasteiger partial charge in [0.15, 0.2) is 0 Å². The lowest BCUT2D eigenvalue weighted by Gasteiger charge is -2.07. The van der Waals surface area contributed by atoms with Gasteiger partial charge in [-0.2, -0.15) is 0 Å². The maximum absolute atomic E-state index is 13.4. The summed E-state index contributed by atoms with van der Waals surface area (Å²) in [5.41, 5.74) is 1.40. The van der Waals surface area contributed by atoms with Crippen LogP contribution in [-0.4, -0.2) is 11.0 Å². The third-order valence-corrected chi connectivity index (χ3v) is 3.10. The monoisotopic (exact) mass is 307 g/mol. The first-order valence-corrected chi connectivity index (χ1v) is 7.05. The molecule has 0 amide bonds. The van der Waals surface area contributed by atoms with E-state index in [4.69, 9.17) is 16.3 Å². The van der Waals surface area contributed by atoms with E-state index < -0.39 is 11.8 Å². The number of hydrogen-bond donors (Lipinski definition) is 0. The Morgan fingerprint density at radius 3 is 2.81 bits per heavy atom. The molecule has 21 heavy (non-hydrogen) atoms. The maximum Gasteiger partial charge on any atom is 0.338 e. The van der Waals surface area contributed by atoms with Crippen LogP contribution in [0.2, 0.25) is 5.15 Å². The predicted octanol–water partition coefficient (Wildman–Crippen LogP) is 4.18. The number of ether oxygens (including phenoxy) is 1. The molecule has 0 bridgehead atoms. The molecular weight excluding hydrogens is 293 g/mol. The van der Waals surface area contributed by atoms with Crippen molar-refractivity contribution in [2.75, 3.05) is 0 Å². The van der Waals surface area contributed by atoms with Gasteiger partial charge in [-0.05, 0) is 24.6 Å². The molecule has 0 aliphatic carbocycles. The fourth-order valence-corrected chi connectivity index (χ4v) is 2.12. The van der Waals surface area contributed by atoms with Crippen LogP contribution in [0.25, 0.3) is 0 Å². The fraction of sp³-hybridized carbons (Fsp3) is 0.250. The molecule has 3 nitrogen and oxygen atoms in total. The summed E-state index contributed by atoms with van der Waals surface area (Å²) in [5.74, 6) is -0.940. The molecule has 0 unspecified atom stereocenters. The predicted molar refractivity (Wildman–Crippen MR) is 78.8 cm³/mol. The number of rotatable bonds is 5. The topological polar surface area (TPSA) is 39.2 Å². The summed E-state index contributed by atoms with van der Waals surface area (Å²) in [6.45, 7) is 1.90. The van der Waals surface area contributed by atoms with Crippen molar-refractivity contribution >= 4 is 17.6 Å². The lowest BCUT2D eigenvalue weighted by atomic mass is 10.1. The zero-order valence-corrected chi connectivity index (χ0v) is 12.4. The van der Waals surface area contributed by atoms with Gasteiger partial charge in [-0.15, -0.1) is 0 Å². The largest absolute Gasteiger partial charge is 0.457 e. The average molecular weight is 308 g/mol. The standard InChI is InChI=1S/C16H15ClFNO2/c1-2-5-13-8-12(9-15(17)19-13)16(20)21-10-11-6-3-4-7-14(11)18/h3-4,6-9H,2,5,10H2,1H3. The molecule has 2 aromatic rings. The number of hydrogen-bond acceptors (Lipinski definition) is 3. The molecule has 2 rings (SSSR count). The number of carbonyl (C=O) groups is 1. The highest BCUT2D eigenvalue weighted by Crippen LogP contribution is 2.15. The molecule has 0 fully saturated rings. The lowest BCUT2D eigenvalue weighted by Crippen LogP contribution is -2.07. The van der Waals surface area contributed by atoms with Crippen LogP contribution in [0, 0.1) is 5.82 Å². The van der Waals surface area contributed by atoms with Gasteiger partial charge < -0.3 is 4.74 Å². The Balaban J connectivity index is 2.08. The van der Waals surface area contributed by atoms with Crippen molar-refractivity contribution < 1.29 is 13.9 Å². The fourth-order valence-electron chi connectivity index (χ4n) is 1.90. The smallest absolute Gasteiger partial charge is 0.338 e. The molecule has 0 aliphatic rings. The third-order valence-electron chi connectivity index (χ3n) is 2.91. The van der Waals surface area contributed by atoms with E-state index in [2.05, 4.69) is 4.98 Å². The molecule has 5 heteroatoms. The number of aryl methyl sites for hydroxylation is 1. The number of halogens is 2. The highest BCUT2D eigenvalue weighted by atomic mass is 35.5. The molecule has 1 aromatic heterocycles. The second-order valence-corrected chi connectivity index (χ2v) is 4.97. The second kappa shape index (κ2) is 7.18. The summed E-state index contributed by atoms with van der Waals surface area (Å²) in [6, 6.07) is 9.27. The molecule has 0 radical (unpaired) electrons. The zero-order valence-electron chi connectivity index (χ0n) is 11.6. The minimum absolute atomic E-state index is 0.117. The van der Waals surface area contributed by atoms with Gasteiger partial charge in [0.1, 0.15) is 17.6 Å². The van der Waals surface area contributed by atoms with Gasteiger partial charge in [0, 0.05) is 11.3 Å². The molecule has 0 N–H and O–H groups in total. The number of aromatic nitrogens is 1. The van der Waals surface area contributed by atoms with Crippen LogP contribution in [0.4, 0.5) is 4.39 Å². The Hall–Kier alpha value is -1.94. The van der Waals surface area contributed by atoms with Crippen LogP contribution in [0.5, 0.6) is 0 Å². The van der Waals surface area contributed by atoms with E-state index >= 15 is 0 Å². The Labute approximate surface area is 127 Å². The molecule has 0 aliphatic heterocycles. The van der Waals surface area contributed by atoms with Crippen LogP contribution < -0.4 is 0 Å². The first-order valence-electron chi connectivity index (χ1n) is 6.67. The first kappa shape index (κ1) is 15.4. The van der Waals surface area contributed by atoms with Gasteiger partial charge in [0.2, 0.25) is 0 Å². The van der Waals surface area contributed by atoms with Crippen molar-refractivity contribution in [3.8, 4) is 0 Å². The van der Waals surface area contributed by atoms with Crippen LogP contribution >= 0.6 is 11.6 Å². The van der Waals surface area contributed by atoms with E-state index in [0.29, 0.717) is 11.1 Å². The number of nitrogens with zero attached hydrogens (tertiary/aromatic N) is 1. The van der Waals surface area contributed by atoms with E-state index in [-0.39, 0.29) is 11.8 Å². The lowest BCUT2D eigenvalue weighted by molar-refractivity contribution is 0.0468. The normalized spacial score (nSPS) is 10.4. The Kier molecular flexibility index (Phi) is 5.28. The first-order chi connectivity index (χ1) is 10.1. The Bertz CT molecular complexity index is 646. The summed E-state index contributed by atoms with van der Waals surface area (Å²) < 4.78 is 18.6. The SMILES string of the molecule is CCCc1cc(C(=O)OCc2ccccc2F)cc(Cl)n1. The van der Waals surface area contributed by atoms with E-state index in [9.17, 15) is 9.18 Å². The minimum Gasteiger partial charge on any atom is -0.457 e. The van der Waals surface area contributed by atoms with Crippen LogP contribution in [-0.2, 0) is 17.8 Å². The average Bonchev–Trinajstić information content (AvgIpc) is 2.46. The van der Waals surface area contributed by atoms with Crippen molar-refractivity contribution in [2.24, 2.45) is 0 Å². The van der Waals surface area contributed by atoms with E-state index in [1.807, 2.05) is 6.92 Å². The quantitative estimate of drug-likeness (QED) is 0.614. The molecule has 0 saturated heterocycles. The van der Waals surface area contributed by atoms with Crippen LogP contribution in [0.1, 0.15) is 35.0 Å². The summed E-state index contributed by atoms with van der Waals surface area (Å²) >= 11 is 5.89. The highest BCUT2D eigenvalue weighted by molar-refractivity contribution is 6.29. The maximum atomic E-state index is 13.4. The van der Waals surface area contributed by atoms with Crippen molar-refractivity contribution in [2.45, 2.75) is 26.4 Å². The molecular formula is C16H15ClFNO2. The van der Waals surface area contributed by atoms with Gasteiger partial charge in [0.05, 0.1) is 5.56 Å². The third kappa shape index (κ3) is 4.26. The summed E-state index contributed by atoms with van der Waals surface area (Å²) in [4.78, 5) is 16.1. The molecule has 110 valence electrons. The van der Waals surface area contributed by atoms with Crippen molar-refractivity contribution in [3.63, 3.8) is 0 Å². The van der Waals surface area contributed by atoms with Crippen molar-refractivity contribution in [3.05, 3.63) is 64.2 Å². The number of benzene rings is 1. The van der Waals surface area contributed by atoms with Gasteiger partial charge >= 0.3 is 5.97 Å². The van der Waals surface area contributed by atoms with Crippen LogP contribution in [0.15, 0.2) is 36.4 Å². The number of esters is 1. The molecule has 1 heterocycles. The molecule has 0 saturated carbocycles. The van der Waals surface area contributed by atoms with Crippen molar-refractivity contribution in [1.82, 2.24) is 4.98 Å². The minimum atomic E-state index is -0.542. The van der Waals surface area contributed by atoms with E-state index in [0.717, 1.165) is 18.5 Å². The Morgan fingerprint density at radius 1 is 1.33 bits per heavy atom. The van der Waals surface area contributed by atoms with E-state index in [1.165, 1.54) is 12.1 Å². The molecule has 0 atom stereocenters. The molecule has 0 spiro atoms.